The number of hydrogen-bond donors (Lipinski definition) is 2. The van der Waals surface area contributed by atoms with Crippen molar-refractivity contribution in [3.63, 3.8) is 0 Å². The first-order valence-corrected chi connectivity index (χ1v) is 10.7. The minimum Gasteiger partial charge on any atom is -0.360 e. The third-order valence-electron chi connectivity index (χ3n) is 5.03. The Hall–Kier alpha value is -2.38. The Kier molecular flexibility index (Phi) is 5.82. The average Bonchev–Trinajstić information content (AvgIpc) is 2.68. The van der Waals surface area contributed by atoms with E-state index in [4.69, 9.17) is 0 Å². The van der Waals surface area contributed by atoms with Crippen LogP contribution in [0.15, 0.2) is 53.4 Å². The first-order valence-electron chi connectivity index (χ1n) is 9.21. The van der Waals surface area contributed by atoms with Crippen LogP contribution < -0.4 is 14.5 Å². The fourth-order valence-corrected chi connectivity index (χ4v) is 4.32. The largest absolute Gasteiger partial charge is 0.360 e. The van der Waals surface area contributed by atoms with Gasteiger partial charge < -0.3 is 9.80 Å². The highest BCUT2D eigenvalue weighted by atomic mass is 32.2. The highest BCUT2D eigenvalue weighted by Gasteiger charge is 2.19. The van der Waals surface area contributed by atoms with Gasteiger partial charge in [-0.1, -0.05) is 12.1 Å². The zero-order chi connectivity index (χ0) is 19.4. The number of likely N-dealkylation sites (N-methyl/N-ethyl adjacent to an activating group) is 1. The molecule has 0 aliphatic carbocycles. The molecule has 7 heteroatoms. The maximum absolute atomic E-state index is 12.5. The van der Waals surface area contributed by atoms with Crippen LogP contribution in [0.25, 0.3) is 0 Å². The maximum atomic E-state index is 12.5. The van der Waals surface area contributed by atoms with E-state index >= 15 is 0 Å². The predicted molar refractivity (Wildman–Crippen MR) is 107 cm³/mol. The SMILES string of the molecule is CC[NH+]1CCN(c2ccc(NS(=O)(=O)c3ccc(C(C)=O)cc3)cc2)CC1. The standard InChI is InChI=1S/C20H25N3O3S/c1-3-22-12-14-23(15-13-22)19-8-6-18(7-9-19)21-27(25,26)20-10-4-17(5-11-20)16(2)24/h4-11,21H,3,12-15H2,1-2H3/p+1. The van der Waals surface area contributed by atoms with E-state index in [9.17, 15) is 13.2 Å². The van der Waals surface area contributed by atoms with Crippen LogP contribution in [0, 0.1) is 0 Å². The smallest absolute Gasteiger partial charge is 0.261 e. The van der Waals surface area contributed by atoms with Crippen molar-refractivity contribution in [2.24, 2.45) is 0 Å². The number of hydrogen-bond acceptors (Lipinski definition) is 4. The van der Waals surface area contributed by atoms with E-state index in [-0.39, 0.29) is 10.7 Å². The zero-order valence-corrected chi connectivity index (χ0v) is 16.6. The summed E-state index contributed by atoms with van der Waals surface area (Å²) in [7, 11) is -3.68. The van der Waals surface area contributed by atoms with Crippen molar-refractivity contribution >= 4 is 27.2 Å². The molecule has 27 heavy (non-hydrogen) atoms. The van der Waals surface area contributed by atoms with Crippen molar-refractivity contribution in [2.75, 3.05) is 42.3 Å². The number of ketones is 1. The van der Waals surface area contributed by atoms with Crippen LogP contribution in [-0.2, 0) is 10.0 Å². The topological polar surface area (TPSA) is 70.9 Å². The van der Waals surface area contributed by atoms with Gasteiger partial charge in [0.25, 0.3) is 10.0 Å². The van der Waals surface area contributed by atoms with Crippen molar-refractivity contribution in [1.82, 2.24) is 0 Å². The molecule has 0 amide bonds. The summed E-state index contributed by atoms with van der Waals surface area (Å²) in [4.78, 5) is 15.4. The lowest BCUT2D eigenvalue weighted by molar-refractivity contribution is -0.898. The van der Waals surface area contributed by atoms with Crippen molar-refractivity contribution < 1.29 is 18.1 Å². The van der Waals surface area contributed by atoms with Crippen LogP contribution in [0.4, 0.5) is 11.4 Å². The number of quaternary nitrogens is 1. The molecule has 0 aromatic heterocycles. The van der Waals surface area contributed by atoms with E-state index in [2.05, 4.69) is 16.5 Å². The summed E-state index contributed by atoms with van der Waals surface area (Å²) in [5.41, 5.74) is 2.12. The van der Waals surface area contributed by atoms with Crippen molar-refractivity contribution in [3.05, 3.63) is 54.1 Å². The Labute approximate surface area is 160 Å². The van der Waals surface area contributed by atoms with E-state index in [1.165, 1.54) is 31.2 Å². The minimum absolute atomic E-state index is 0.0936. The van der Waals surface area contributed by atoms with Crippen molar-refractivity contribution in [2.45, 2.75) is 18.7 Å². The van der Waals surface area contributed by atoms with Gasteiger partial charge in [0.2, 0.25) is 0 Å². The predicted octanol–water partition coefficient (Wildman–Crippen LogP) is 1.41. The van der Waals surface area contributed by atoms with Crippen LogP contribution in [0.2, 0.25) is 0 Å². The molecule has 3 rings (SSSR count). The summed E-state index contributed by atoms with van der Waals surface area (Å²) >= 11 is 0. The summed E-state index contributed by atoms with van der Waals surface area (Å²) in [5.74, 6) is -0.0936. The zero-order valence-electron chi connectivity index (χ0n) is 15.7. The molecule has 2 aromatic carbocycles. The quantitative estimate of drug-likeness (QED) is 0.734. The summed E-state index contributed by atoms with van der Waals surface area (Å²) in [6, 6.07) is 13.4. The lowest BCUT2D eigenvalue weighted by Crippen LogP contribution is -3.14. The summed E-state index contributed by atoms with van der Waals surface area (Å²) in [5, 5.41) is 0. The molecule has 6 nitrogen and oxygen atoms in total. The number of nitrogens with zero attached hydrogens (tertiary/aromatic N) is 1. The third kappa shape index (κ3) is 4.67. The molecule has 0 atom stereocenters. The molecule has 144 valence electrons. The third-order valence-corrected chi connectivity index (χ3v) is 6.42. The maximum Gasteiger partial charge on any atom is 0.261 e. The Morgan fingerprint density at radius 3 is 2.15 bits per heavy atom. The van der Waals surface area contributed by atoms with Gasteiger partial charge in [0.05, 0.1) is 37.6 Å². The highest BCUT2D eigenvalue weighted by Crippen LogP contribution is 2.21. The molecule has 0 bridgehead atoms. The fraction of sp³-hybridized carbons (Fsp3) is 0.350. The Morgan fingerprint density at radius 2 is 1.63 bits per heavy atom. The van der Waals surface area contributed by atoms with Crippen LogP contribution in [0.5, 0.6) is 0 Å². The molecule has 2 N–H and O–H groups in total. The molecule has 0 spiro atoms. The fourth-order valence-electron chi connectivity index (χ4n) is 3.26. The molecule has 1 aliphatic heterocycles. The van der Waals surface area contributed by atoms with E-state index in [0.717, 1.165) is 38.4 Å². The van der Waals surface area contributed by atoms with Gasteiger partial charge in [0.15, 0.2) is 5.78 Å². The summed E-state index contributed by atoms with van der Waals surface area (Å²) < 4.78 is 27.7. The monoisotopic (exact) mass is 388 g/mol. The first-order chi connectivity index (χ1) is 12.9. The van der Waals surface area contributed by atoms with Gasteiger partial charge in [-0.25, -0.2) is 8.42 Å². The lowest BCUT2D eigenvalue weighted by atomic mass is 10.2. The van der Waals surface area contributed by atoms with Gasteiger partial charge in [0.1, 0.15) is 0 Å². The van der Waals surface area contributed by atoms with Crippen LogP contribution in [0.3, 0.4) is 0 Å². The van der Waals surface area contributed by atoms with Crippen molar-refractivity contribution in [3.8, 4) is 0 Å². The van der Waals surface area contributed by atoms with Gasteiger partial charge in [0, 0.05) is 16.9 Å². The number of anilines is 2. The molecular formula is C20H26N3O3S+. The second kappa shape index (κ2) is 8.10. The van der Waals surface area contributed by atoms with Gasteiger partial charge in [-0.3, -0.25) is 9.52 Å². The molecule has 1 fully saturated rings. The molecule has 1 aliphatic rings. The van der Waals surface area contributed by atoms with Gasteiger partial charge in [-0.05, 0) is 50.2 Å². The number of rotatable bonds is 6. The number of piperazine rings is 1. The number of nitrogens with one attached hydrogen (secondary N) is 2. The molecule has 1 saturated heterocycles. The van der Waals surface area contributed by atoms with Crippen molar-refractivity contribution in [1.29, 1.82) is 0 Å². The van der Waals surface area contributed by atoms with E-state index in [1.54, 1.807) is 17.0 Å². The molecule has 0 saturated carbocycles. The second-order valence-corrected chi connectivity index (χ2v) is 8.51. The van der Waals surface area contributed by atoms with Gasteiger partial charge in [-0.15, -0.1) is 0 Å². The number of Topliss-reactive ketones (excluding diaryl/α,β-unsaturated/α-hetero) is 1. The van der Waals surface area contributed by atoms with Crippen LogP contribution in [0.1, 0.15) is 24.2 Å². The van der Waals surface area contributed by atoms with Gasteiger partial charge >= 0.3 is 0 Å². The Morgan fingerprint density at radius 1 is 1.04 bits per heavy atom. The molecule has 2 aromatic rings. The number of carbonyl (C=O) groups excluding carboxylic acids is 1. The lowest BCUT2D eigenvalue weighted by Gasteiger charge is -2.33. The number of carbonyl (C=O) groups is 1. The van der Waals surface area contributed by atoms with Crippen LogP contribution >= 0.6 is 0 Å². The van der Waals surface area contributed by atoms with E-state index < -0.39 is 10.0 Å². The first kappa shape index (κ1) is 19.4. The highest BCUT2D eigenvalue weighted by molar-refractivity contribution is 7.92. The van der Waals surface area contributed by atoms with E-state index in [0.29, 0.717) is 11.3 Å². The summed E-state index contributed by atoms with van der Waals surface area (Å²) in [6.07, 6.45) is 0. The molecular weight excluding hydrogens is 362 g/mol. The molecule has 1 heterocycles. The summed E-state index contributed by atoms with van der Waals surface area (Å²) in [6.45, 7) is 9.09. The normalized spacial score (nSPS) is 15.6. The Balaban J connectivity index is 1.67. The Bertz CT molecular complexity index is 885. The van der Waals surface area contributed by atoms with E-state index in [1.807, 2.05) is 12.1 Å². The van der Waals surface area contributed by atoms with Gasteiger partial charge in [-0.2, -0.15) is 0 Å². The average molecular weight is 389 g/mol. The minimum atomic E-state index is -3.68. The number of sulfonamides is 1. The number of benzene rings is 2. The van der Waals surface area contributed by atoms with Crippen LogP contribution in [-0.4, -0.2) is 46.9 Å². The molecule has 0 unspecified atom stereocenters. The molecule has 0 radical (unpaired) electrons. The second-order valence-electron chi connectivity index (χ2n) is 6.82.